The standard InChI is InChI=1S/C43H55NO5/c1-22(2)30-20-28-33-25(29-21-39(4,5)49-40(6,7)34(29)36(33)46)19-26-27-18-24-13-14-31-41(8,16-11-12-23(3)38(47)48)32(45)15-17-42(31,9)43(24,10)37(27)44(30)35(26)28/h11-12,16,19,21,24,30-32,34,36,45-46H,1,13-15,17-18,20H2,2-10H3,(H,47,48)/b16-11+,23-12+/t24-,30-,31-,32-,34+,36+,41+,42-,43+/m0/s1. The van der Waals surface area contributed by atoms with Crippen molar-refractivity contribution in [1.82, 2.24) is 4.57 Å². The third-order valence-corrected chi connectivity index (χ3v) is 14.9. The van der Waals surface area contributed by atoms with Gasteiger partial charge in [-0.3, -0.25) is 0 Å². The van der Waals surface area contributed by atoms with E-state index in [4.69, 9.17) is 4.74 Å². The predicted molar refractivity (Wildman–Crippen MR) is 194 cm³/mol. The summed E-state index contributed by atoms with van der Waals surface area (Å²) in [6.45, 7) is 24.1. The fourth-order valence-electron chi connectivity index (χ4n) is 12.7. The quantitative estimate of drug-likeness (QED) is 0.173. The van der Waals surface area contributed by atoms with Crippen molar-refractivity contribution in [2.75, 3.05) is 0 Å². The van der Waals surface area contributed by atoms with Gasteiger partial charge in [-0.25, -0.2) is 4.79 Å². The summed E-state index contributed by atoms with van der Waals surface area (Å²) in [4.78, 5) is 11.5. The molecule has 0 bridgehead atoms. The van der Waals surface area contributed by atoms with Gasteiger partial charge >= 0.3 is 5.97 Å². The van der Waals surface area contributed by atoms with Crippen LogP contribution in [-0.2, 0) is 27.8 Å². The van der Waals surface area contributed by atoms with E-state index in [9.17, 15) is 20.1 Å². The lowest BCUT2D eigenvalue weighted by Gasteiger charge is -2.64. The van der Waals surface area contributed by atoms with Crippen LogP contribution in [0, 0.1) is 28.6 Å². The maximum absolute atomic E-state index is 12.2. The molecule has 3 N–H and O–H groups in total. The molecule has 0 unspecified atom stereocenters. The molecule has 8 rings (SSSR count). The topological polar surface area (TPSA) is 91.9 Å². The van der Waals surface area contributed by atoms with Crippen LogP contribution in [0.25, 0.3) is 16.5 Å². The SMILES string of the molecule is C=C(C)[C@@H]1Cc2c3c(cc4c5c(n1c24)[C@@]1(C)[C@@H](CC[C@H]2[C@@](C)(/C=C/C=C(\C)C(=O)O)[C@@H](O)CC[C@@]21C)C5)C1=CC(C)(C)OC(C)(C)[C@H]1[C@@H]3O. The molecule has 2 saturated carbocycles. The molecule has 6 heteroatoms. The van der Waals surface area contributed by atoms with Crippen molar-refractivity contribution >= 4 is 22.4 Å². The number of ether oxygens (including phenoxy) is 1. The second-order valence-electron chi connectivity index (χ2n) is 18.4. The van der Waals surface area contributed by atoms with Crippen molar-refractivity contribution in [1.29, 1.82) is 0 Å². The first-order valence-electron chi connectivity index (χ1n) is 18.6. The Hall–Kier alpha value is -2.93. The van der Waals surface area contributed by atoms with E-state index in [1.165, 1.54) is 38.9 Å². The summed E-state index contributed by atoms with van der Waals surface area (Å²) in [6, 6.07) is 2.56. The largest absolute Gasteiger partial charge is 0.478 e. The molecule has 0 amide bonds. The average molecular weight is 666 g/mol. The van der Waals surface area contributed by atoms with E-state index in [-0.39, 0.29) is 28.7 Å². The molecule has 0 saturated heterocycles. The van der Waals surface area contributed by atoms with Crippen molar-refractivity contribution in [2.45, 2.75) is 136 Å². The molecule has 1 aromatic heterocycles. The number of rotatable bonds is 4. The lowest BCUT2D eigenvalue weighted by atomic mass is 9.40. The summed E-state index contributed by atoms with van der Waals surface area (Å²) in [5, 5.41) is 34.6. The Kier molecular flexibility index (Phi) is 6.85. The van der Waals surface area contributed by atoms with Gasteiger partial charge in [-0.15, -0.1) is 0 Å². The highest BCUT2D eigenvalue weighted by Gasteiger charge is 2.67. The summed E-state index contributed by atoms with van der Waals surface area (Å²) in [7, 11) is 0. The zero-order valence-electron chi connectivity index (χ0n) is 30.9. The van der Waals surface area contributed by atoms with E-state index in [1.807, 2.05) is 6.08 Å². The van der Waals surface area contributed by atoms with Crippen molar-refractivity contribution in [3.05, 3.63) is 76.0 Å². The highest BCUT2D eigenvalue weighted by Crippen LogP contribution is 2.71. The van der Waals surface area contributed by atoms with Gasteiger partial charge in [0, 0.05) is 33.4 Å². The summed E-state index contributed by atoms with van der Waals surface area (Å²) in [5.74, 6) is -0.317. The third-order valence-electron chi connectivity index (χ3n) is 14.9. The molecular weight excluding hydrogens is 610 g/mol. The van der Waals surface area contributed by atoms with Crippen LogP contribution in [0.3, 0.4) is 0 Å². The first-order valence-corrected chi connectivity index (χ1v) is 18.6. The van der Waals surface area contributed by atoms with Crippen LogP contribution in [0.1, 0.15) is 128 Å². The molecule has 6 aliphatic rings. The molecule has 4 aliphatic carbocycles. The maximum Gasteiger partial charge on any atom is 0.331 e. The van der Waals surface area contributed by atoms with Gasteiger partial charge in [0.2, 0.25) is 0 Å². The first-order chi connectivity index (χ1) is 22.8. The number of carbonyl (C=O) groups is 1. The summed E-state index contributed by atoms with van der Waals surface area (Å²) < 4.78 is 9.25. The maximum atomic E-state index is 12.2. The van der Waals surface area contributed by atoms with E-state index in [0.717, 1.165) is 43.2 Å². The number of aliphatic hydroxyl groups excluding tert-OH is 2. The van der Waals surface area contributed by atoms with Gasteiger partial charge < -0.3 is 24.6 Å². The van der Waals surface area contributed by atoms with Crippen molar-refractivity contribution in [2.24, 2.45) is 28.6 Å². The van der Waals surface area contributed by atoms with E-state index in [2.05, 4.69) is 84.8 Å². The zero-order chi connectivity index (χ0) is 35.4. The molecule has 262 valence electrons. The summed E-state index contributed by atoms with van der Waals surface area (Å²) in [6.07, 6.45) is 12.5. The third kappa shape index (κ3) is 4.08. The van der Waals surface area contributed by atoms with Gasteiger partial charge in [0.05, 0.1) is 35.0 Å². The van der Waals surface area contributed by atoms with Gasteiger partial charge in [-0.1, -0.05) is 51.2 Å². The van der Waals surface area contributed by atoms with Crippen LogP contribution < -0.4 is 0 Å². The van der Waals surface area contributed by atoms with Crippen LogP contribution in [0.5, 0.6) is 0 Å². The number of aliphatic carboxylic acids is 1. The normalized spacial score (nSPS) is 39.7. The van der Waals surface area contributed by atoms with Gasteiger partial charge in [0.15, 0.2) is 0 Å². The number of nitrogens with zero attached hydrogens (tertiary/aromatic N) is 1. The number of aliphatic hydroxyl groups is 2. The number of hydrogen-bond acceptors (Lipinski definition) is 4. The second-order valence-corrected chi connectivity index (χ2v) is 18.4. The van der Waals surface area contributed by atoms with Crippen molar-refractivity contribution in [3.8, 4) is 0 Å². The summed E-state index contributed by atoms with van der Waals surface area (Å²) >= 11 is 0. The lowest BCUT2D eigenvalue weighted by Crippen LogP contribution is -2.62. The highest BCUT2D eigenvalue weighted by atomic mass is 16.5. The van der Waals surface area contributed by atoms with E-state index < -0.39 is 34.8 Å². The number of allylic oxidation sites excluding steroid dienone is 3. The van der Waals surface area contributed by atoms with Gasteiger partial charge in [-0.05, 0) is 137 Å². The Morgan fingerprint density at radius 3 is 2.41 bits per heavy atom. The molecule has 1 aromatic carbocycles. The zero-order valence-corrected chi connectivity index (χ0v) is 30.9. The van der Waals surface area contributed by atoms with Gasteiger partial charge in [0.25, 0.3) is 0 Å². The molecule has 0 spiro atoms. The average Bonchev–Trinajstić information content (AvgIpc) is 3.70. The van der Waals surface area contributed by atoms with Crippen LogP contribution in [0.4, 0.5) is 0 Å². The minimum atomic E-state index is -0.922. The number of benzene rings is 1. The second kappa shape index (κ2) is 10.1. The molecule has 9 atom stereocenters. The number of carboxylic acid groups (broad SMARTS) is 1. The van der Waals surface area contributed by atoms with Gasteiger partial charge in [-0.2, -0.15) is 0 Å². The molecule has 0 radical (unpaired) electrons. The predicted octanol–water partition coefficient (Wildman–Crippen LogP) is 8.54. The smallest absolute Gasteiger partial charge is 0.331 e. The first kappa shape index (κ1) is 33.2. The monoisotopic (exact) mass is 665 g/mol. The van der Waals surface area contributed by atoms with Crippen molar-refractivity contribution in [3.63, 3.8) is 0 Å². The van der Waals surface area contributed by atoms with E-state index >= 15 is 0 Å². The Labute approximate surface area is 291 Å². The molecule has 2 aromatic rings. The molecule has 2 fully saturated rings. The van der Waals surface area contributed by atoms with Crippen LogP contribution in [-0.4, -0.2) is 43.2 Å². The van der Waals surface area contributed by atoms with Crippen LogP contribution >= 0.6 is 0 Å². The number of aromatic nitrogens is 1. The Morgan fingerprint density at radius 1 is 1.02 bits per heavy atom. The fourth-order valence-corrected chi connectivity index (χ4v) is 12.7. The Bertz CT molecular complexity index is 1940. The van der Waals surface area contributed by atoms with Crippen LogP contribution in [0.2, 0.25) is 0 Å². The molecule has 6 nitrogen and oxygen atoms in total. The van der Waals surface area contributed by atoms with Gasteiger partial charge in [0.1, 0.15) is 0 Å². The van der Waals surface area contributed by atoms with E-state index in [0.29, 0.717) is 17.9 Å². The van der Waals surface area contributed by atoms with Crippen molar-refractivity contribution < 1.29 is 24.9 Å². The minimum Gasteiger partial charge on any atom is -0.478 e. The number of fused-ring (bicyclic) bond motifs is 11. The molecule has 49 heavy (non-hydrogen) atoms. The minimum absolute atomic E-state index is 0.0913. The fraction of sp³-hybridized carbons (Fsp3) is 0.605. The number of hydrogen-bond donors (Lipinski definition) is 3. The van der Waals surface area contributed by atoms with E-state index in [1.54, 1.807) is 13.0 Å². The molecule has 2 aliphatic heterocycles. The molecule has 3 heterocycles. The molecular formula is C43H55NO5. The Morgan fingerprint density at radius 2 is 1.73 bits per heavy atom. The lowest BCUT2D eigenvalue weighted by molar-refractivity contribution is -0.145. The summed E-state index contributed by atoms with van der Waals surface area (Å²) in [5.41, 5.74) is 8.86. The van der Waals surface area contributed by atoms with Crippen LogP contribution in [0.15, 0.2) is 48.1 Å². The number of carboxylic acids is 1. The highest BCUT2D eigenvalue weighted by molar-refractivity contribution is 5.97. The Balaban J connectivity index is 1.34.